The molecule has 5 N–H and O–H groups in total. The fraction of sp³-hybridized carbons (Fsp3) is 0.235. The Bertz CT molecular complexity index is 887. The summed E-state index contributed by atoms with van der Waals surface area (Å²) in [5.41, 5.74) is 13.0. The summed E-state index contributed by atoms with van der Waals surface area (Å²) in [5.74, 6) is -0.150. The molecule has 0 aliphatic carbocycles. The third-order valence-electron chi connectivity index (χ3n) is 4.24. The number of nitriles is 2. The van der Waals surface area contributed by atoms with Crippen LogP contribution in [0.25, 0.3) is 5.70 Å². The first-order valence-corrected chi connectivity index (χ1v) is 8.26. The normalized spacial score (nSPS) is 28.5. The van der Waals surface area contributed by atoms with Crippen molar-refractivity contribution >= 4 is 34.5 Å². The maximum Gasteiger partial charge on any atom is 0.119 e. The van der Waals surface area contributed by atoms with Gasteiger partial charge < -0.3 is 16.8 Å². The summed E-state index contributed by atoms with van der Waals surface area (Å²) in [6.45, 7) is 1.73. The van der Waals surface area contributed by atoms with E-state index < -0.39 is 17.6 Å². The molecule has 0 bridgehead atoms. The number of hydrogen-bond acceptors (Lipinski definition) is 6. The molecule has 1 aromatic carbocycles. The van der Waals surface area contributed by atoms with Crippen LogP contribution in [0.4, 0.5) is 0 Å². The van der Waals surface area contributed by atoms with Gasteiger partial charge in [0, 0.05) is 5.02 Å². The molecule has 1 aromatic rings. The molecule has 3 atom stereocenters. The van der Waals surface area contributed by atoms with Crippen LogP contribution in [-0.4, -0.2) is 21.6 Å². The van der Waals surface area contributed by atoms with Crippen molar-refractivity contribution in [3.63, 3.8) is 0 Å². The van der Waals surface area contributed by atoms with Crippen molar-refractivity contribution in [2.45, 2.75) is 18.6 Å². The summed E-state index contributed by atoms with van der Waals surface area (Å²) in [5, 5.41) is 22.8. The van der Waals surface area contributed by atoms with E-state index in [2.05, 4.69) is 17.5 Å². The van der Waals surface area contributed by atoms with Crippen molar-refractivity contribution in [2.75, 3.05) is 0 Å². The quantitative estimate of drug-likeness (QED) is 0.645. The van der Waals surface area contributed by atoms with Crippen molar-refractivity contribution in [3.8, 4) is 12.1 Å². The lowest BCUT2D eigenvalue weighted by atomic mass is 9.82. The van der Waals surface area contributed by atoms with Crippen molar-refractivity contribution in [1.29, 1.82) is 10.5 Å². The Kier molecular flexibility index (Phi) is 4.28. The van der Waals surface area contributed by atoms with E-state index in [4.69, 9.17) is 35.3 Å². The Morgan fingerprint density at radius 1 is 1.32 bits per heavy atom. The van der Waals surface area contributed by atoms with Crippen LogP contribution in [0.3, 0.4) is 0 Å². The van der Waals surface area contributed by atoms with Gasteiger partial charge in [-0.05, 0) is 30.7 Å². The maximum atomic E-state index is 9.62. The van der Waals surface area contributed by atoms with Gasteiger partial charge in [0.15, 0.2) is 0 Å². The van der Waals surface area contributed by atoms with E-state index in [-0.39, 0.29) is 0 Å². The van der Waals surface area contributed by atoms with Crippen LogP contribution in [-0.2, 0) is 0 Å². The Balaban J connectivity index is 2.26. The van der Waals surface area contributed by atoms with Gasteiger partial charge in [0.25, 0.3) is 0 Å². The molecule has 126 valence electrons. The summed E-state index contributed by atoms with van der Waals surface area (Å²) in [6, 6.07) is 11.3. The molecule has 3 rings (SSSR count). The van der Waals surface area contributed by atoms with Gasteiger partial charge in [0.2, 0.25) is 0 Å². The molecule has 2 aliphatic heterocycles. The van der Waals surface area contributed by atoms with E-state index in [9.17, 15) is 10.5 Å². The molecule has 0 amide bonds. The highest BCUT2D eigenvalue weighted by atomic mass is 35.5. The topological polar surface area (TPSA) is 115 Å². The van der Waals surface area contributed by atoms with Crippen molar-refractivity contribution in [3.05, 3.63) is 52.3 Å². The molecule has 2 aliphatic rings. The fourth-order valence-electron chi connectivity index (χ4n) is 3.00. The number of hydrogen-bond donors (Lipinski definition) is 3. The van der Waals surface area contributed by atoms with Crippen LogP contribution < -0.4 is 16.8 Å². The Labute approximate surface area is 155 Å². The SMILES string of the molecule is CC1(N)C=C2NC(N)C(C#N)=C(c3ccc(Cl)cc3)N2C(=S)C1C#N. The second-order valence-corrected chi connectivity index (χ2v) is 6.99. The van der Waals surface area contributed by atoms with Crippen LogP contribution in [0, 0.1) is 28.6 Å². The summed E-state index contributed by atoms with van der Waals surface area (Å²) in [4.78, 5) is 1.99. The van der Waals surface area contributed by atoms with E-state index in [1.54, 1.807) is 42.2 Å². The minimum atomic E-state index is -0.945. The third kappa shape index (κ3) is 2.78. The largest absolute Gasteiger partial charge is 0.352 e. The van der Waals surface area contributed by atoms with Crippen molar-refractivity contribution < 1.29 is 0 Å². The van der Waals surface area contributed by atoms with E-state index in [1.165, 1.54) is 0 Å². The lowest BCUT2D eigenvalue weighted by Crippen LogP contribution is -2.59. The van der Waals surface area contributed by atoms with Crippen LogP contribution in [0.15, 0.2) is 41.7 Å². The predicted octanol–water partition coefficient (Wildman–Crippen LogP) is 1.80. The molecule has 0 saturated heterocycles. The summed E-state index contributed by atoms with van der Waals surface area (Å²) >= 11 is 11.5. The van der Waals surface area contributed by atoms with Crippen LogP contribution >= 0.6 is 23.8 Å². The minimum absolute atomic E-state index is 0.319. The Morgan fingerprint density at radius 2 is 1.96 bits per heavy atom. The van der Waals surface area contributed by atoms with Gasteiger partial charge in [-0.25, -0.2) is 0 Å². The molecule has 0 radical (unpaired) electrons. The molecule has 6 nitrogen and oxygen atoms in total. The highest BCUT2D eigenvalue weighted by Gasteiger charge is 2.44. The first kappa shape index (κ1) is 17.4. The van der Waals surface area contributed by atoms with Gasteiger partial charge in [-0.15, -0.1) is 0 Å². The van der Waals surface area contributed by atoms with Gasteiger partial charge in [-0.2, -0.15) is 10.5 Å². The average molecular weight is 371 g/mol. The highest BCUT2D eigenvalue weighted by Crippen LogP contribution is 2.38. The number of fused-ring (bicyclic) bond motifs is 1. The number of nitrogens with two attached hydrogens (primary N) is 2. The summed E-state index contributed by atoms with van der Waals surface area (Å²) in [6.07, 6.45) is 1.01. The molecular formula is C17H15ClN6S. The second-order valence-electron chi connectivity index (χ2n) is 6.13. The van der Waals surface area contributed by atoms with Crippen LogP contribution in [0.1, 0.15) is 12.5 Å². The number of nitrogens with one attached hydrogen (secondary N) is 1. The molecule has 2 heterocycles. The zero-order chi connectivity index (χ0) is 18.4. The minimum Gasteiger partial charge on any atom is -0.352 e. The predicted molar refractivity (Wildman–Crippen MR) is 99.3 cm³/mol. The zero-order valence-electron chi connectivity index (χ0n) is 13.3. The lowest BCUT2D eigenvalue weighted by molar-refractivity contribution is 0.423. The van der Waals surface area contributed by atoms with E-state index in [0.29, 0.717) is 27.1 Å². The van der Waals surface area contributed by atoms with E-state index >= 15 is 0 Å². The first-order chi connectivity index (χ1) is 11.8. The van der Waals surface area contributed by atoms with Crippen molar-refractivity contribution in [2.24, 2.45) is 17.4 Å². The van der Waals surface area contributed by atoms with Gasteiger partial charge in [0.05, 0.1) is 22.9 Å². The number of benzene rings is 1. The molecular weight excluding hydrogens is 356 g/mol. The van der Waals surface area contributed by atoms with Gasteiger partial charge in [-0.3, -0.25) is 4.90 Å². The van der Waals surface area contributed by atoms with Crippen LogP contribution in [0.5, 0.6) is 0 Å². The summed E-state index contributed by atoms with van der Waals surface area (Å²) < 4.78 is 0. The molecule has 25 heavy (non-hydrogen) atoms. The maximum absolute atomic E-state index is 9.62. The molecule has 0 aromatic heterocycles. The molecule has 0 saturated carbocycles. The van der Waals surface area contributed by atoms with E-state index in [1.807, 2.05) is 0 Å². The highest BCUT2D eigenvalue weighted by molar-refractivity contribution is 7.80. The Morgan fingerprint density at radius 3 is 2.52 bits per heavy atom. The summed E-state index contributed by atoms with van der Waals surface area (Å²) in [7, 11) is 0. The molecule has 8 heteroatoms. The third-order valence-corrected chi connectivity index (χ3v) is 4.91. The monoisotopic (exact) mass is 370 g/mol. The van der Waals surface area contributed by atoms with Gasteiger partial charge in [-0.1, -0.05) is 36.0 Å². The van der Waals surface area contributed by atoms with Gasteiger partial charge >= 0.3 is 0 Å². The van der Waals surface area contributed by atoms with Crippen molar-refractivity contribution in [1.82, 2.24) is 10.2 Å². The first-order valence-electron chi connectivity index (χ1n) is 7.48. The number of nitrogens with zero attached hydrogens (tertiary/aromatic N) is 3. The smallest absolute Gasteiger partial charge is 0.119 e. The fourth-order valence-corrected chi connectivity index (χ4v) is 3.62. The number of halogens is 1. The van der Waals surface area contributed by atoms with Crippen LogP contribution in [0.2, 0.25) is 5.02 Å². The number of thiocarbonyl (C=S) groups is 1. The molecule has 3 unspecified atom stereocenters. The zero-order valence-corrected chi connectivity index (χ0v) is 14.9. The average Bonchev–Trinajstić information content (AvgIpc) is 2.54. The Hall–Kier alpha value is -2.42. The lowest BCUT2D eigenvalue weighted by Gasteiger charge is -2.45. The number of rotatable bonds is 1. The molecule has 0 fully saturated rings. The molecule has 0 spiro atoms. The second kappa shape index (κ2) is 6.14. The standard InChI is InChI=1S/C17H15ClN6S/c1-17(22)6-13-23-15(21)11(7-19)14(9-2-4-10(18)5-3-9)24(13)16(25)12(17)8-20/h2-6,12,15,23H,21-22H2,1H3. The van der Waals surface area contributed by atoms with E-state index in [0.717, 1.165) is 5.56 Å². The van der Waals surface area contributed by atoms with Gasteiger partial charge in [0.1, 0.15) is 29.0 Å².